The number of hydrogen-bond donors (Lipinski definition) is 0. The molecule has 1 aromatic carbocycles. The first kappa shape index (κ1) is 10.6. The average Bonchev–Trinajstić information content (AvgIpc) is 2.59. The maximum absolute atomic E-state index is 12.0. The van der Waals surface area contributed by atoms with Crippen molar-refractivity contribution in [3.63, 3.8) is 0 Å². The van der Waals surface area contributed by atoms with E-state index in [0.717, 1.165) is 11.3 Å². The Morgan fingerprint density at radius 2 is 2.00 bits per heavy atom. The summed E-state index contributed by atoms with van der Waals surface area (Å²) in [6.07, 6.45) is 2.22. The van der Waals surface area contributed by atoms with E-state index in [4.69, 9.17) is 0 Å². The molecule has 1 aromatic heterocycles. The van der Waals surface area contributed by atoms with Crippen LogP contribution in [0.5, 0.6) is 0 Å². The number of rotatable bonds is 3. The minimum absolute atomic E-state index is 0.122. The molecule has 0 bridgehead atoms. The highest BCUT2D eigenvalue weighted by molar-refractivity contribution is 5.98. The number of benzene rings is 1. The SMILES string of the molecule is Cc1nn(C)cc1C(=O)Cc1ccccc1. The van der Waals surface area contributed by atoms with Crippen molar-refractivity contribution in [2.45, 2.75) is 13.3 Å². The number of nitrogens with zero attached hydrogens (tertiary/aromatic N) is 2. The molecule has 2 rings (SSSR count). The Morgan fingerprint density at radius 3 is 2.56 bits per heavy atom. The molecule has 0 aliphatic carbocycles. The van der Waals surface area contributed by atoms with Crippen LogP contribution >= 0.6 is 0 Å². The van der Waals surface area contributed by atoms with E-state index in [0.29, 0.717) is 12.0 Å². The van der Waals surface area contributed by atoms with Crippen molar-refractivity contribution in [2.75, 3.05) is 0 Å². The lowest BCUT2D eigenvalue weighted by Crippen LogP contribution is -2.03. The number of aromatic nitrogens is 2. The second kappa shape index (κ2) is 4.31. The molecule has 0 aliphatic heterocycles. The smallest absolute Gasteiger partial charge is 0.170 e. The zero-order valence-corrected chi connectivity index (χ0v) is 9.47. The van der Waals surface area contributed by atoms with Gasteiger partial charge >= 0.3 is 0 Å². The van der Waals surface area contributed by atoms with Gasteiger partial charge in [-0.05, 0) is 12.5 Å². The van der Waals surface area contributed by atoms with Crippen LogP contribution in [0.2, 0.25) is 0 Å². The van der Waals surface area contributed by atoms with Crippen LogP contribution in [0.1, 0.15) is 21.6 Å². The van der Waals surface area contributed by atoms with Crippen LogP contribution in [-0.2, 0) is 13.5 Å². The van der Waals surface area contributed by atoms with Crippen molar-refractivity contribution in [3.05, 3.63) is 53.3 Å². The van der Waals surface area contributed by atoms with Crippen LogP contribution in [0.15, 0.2) is 36.5 Å². The Morgan fingerprint density at radius 1 is 1.31 bits per heavy atom. The molecule has 0 N–H and O–H groups in total. The van der Waals surface area contributed by atoms with Gasteiger partial charge in [0.05, 0.1) is 11.3 Å². The topological polar surface area (TPSA) is 34.9 Å². The molecule has 0 amide bonds. The number of hydrogen-bond acceptors (Lipinski definition) is 2. The van der Waals surface area contributed by atoms with Crippen LogP contribution in [-0.4, -0.2) is 15.6 Å². The first-order chi connectivity index (χ1) is 7.66. The number of carbonyl (C=O) groups is 1. The highest BCUT2D eigenvalue weighted by Gasteiger charge is 2.12. The van der Waals surface area contributed by atoms with Crippen molar-refractivity contribution < 1.29 is 4.79 Å². The fourth-order valence-corrected chi connectivity index (χ4v) is 1.75. The lowest BCUT2D eigenvalue weighted by Gasteiger charge is -1.99. The molecule has 0 radical (unpaired) electrons. The second-order valence-electron chi connectivity index (χ2n) is 3.89. The summed E-state index contributed by atoms with van der Waals surface area (Å²) in [5.41, 5.74) is 2.55. The molecule has 0 atom stereocenters. The molecule has 0 aliphatic rings. The molecule has 2 aromatic rings. The highest BCUT2D eigenvalue weighted by atomic mass is 16.1. The molecule has 16 heavy (non-hydrogen) atoms. The van der Waals surface area contributed by atoms with Gasteiger partial charge in [0.25, 0.3) is 0 Å². The molecule has 0 saturated carbocycles. The zero-order valence-electron chi connectivity index (χ0n) is 9.47. The van der Waals surface area contributed by atoms with Gasteiger partial charge in [0.1, 0.15) is 0 Å². The van der Waals surface area contributed by atoms with Crippen molar-refractivity contribution in [1.82, 2.24) is 9.78 Å². The average molecular weight is 214 g/mol. The minimum atomic E-state index is 0.122. The van der Waals surface area contributed by atoms with Gasteiger partial charge in [-0.1, -0.05) is 30.3 Å². The molecule has 82 valence electrons. The fraction of sp³-hybridized carbons (Fsp3) is 0.231. The summed E-state index contributed by atoms with van der Waals surface area (Å²) < 4.78 is 1.67. The van der Waals surface area contributed by atoms with E-state index in [1.807, 2.05) is 44.3 Å². The number of carbonyl (C=O) groups excluding carboxylic acids is 1. The van der Waals surface area contributed by atoms with Crippen molar-refractivity contribution in [3.8, 4) is 0 Å². The summed E-state index contributed by atoms with van der Waals surface area (Å²) in [6.45, 7) is 1.86. The zero-order chi connectivity index (χ0) is 11.5. The van der Waals surface area contributed by atoms with Crippen molar-refractivity contribution in [2.24, 2.45) is 7.05 Å². The molecule has 0 fully saturated rings. The van der Waals surface area contributed by atoms with Gasteiger partial charge in [-0.3, -0.25) is 9.48 Å². The lowest BCUT2D eigenvalue weighted by molar-refractivity contribution is 0.0992. The van der Waals surface area contributed by atoms with Gasteiger partial charge < -0.3 is 0 Å². The number of aryl methyl sites for hydroxylation is 2. The summed E-state index contributed by atoms with van der Waals surface area (Å²) in [7, 11) is 1.83. The van der Waals surface area contributed by atoms with Gasteiger partial charge in [0.15, 0.2) is 5.78 Å². The number of ketones is 1. The molecule has 0 unspecified atom stereocenters. The molecule has 0 spiro atoms. The number of Topliss-reactive ketones (excluding diaryl/α,β-unsaturated/α-hetero) is 1. The second-order valence-corrected chi connectivity index (χ2v) is 3.89. The van der Waals surface area contributed by atoms with Gasteiger partial charge in [0, 0.05) is 19.7 Å². The van der Waals surface area contributed by atoms with E-state index in [-0.39, 0.29) is 5.78 Å². The standard InChI is InChI=1S/C13H14N2O/c1-10-12(9-15(2)14-10)13(16)8-11-6-4-3-5-7-11/h3-7,9H,8H2,1-2H3. The maximum atomic E-state index is 12.0. The lowest BCUT2D eigenvalue weighted by atomic mass is 10.0. The van der Waals surface area contributed by atoms with E-state index in [2.05, 4.69) is 5.10 Å². The Hall–Kier alpha value is -1.90. The van der Waals surface area contributed by atoms with Crippen molar-refractivity contribution >= 4 is 5.78 Å². The van der Waals surface area contributed by atoms with Gasteiger partial charge in [-0.15, -0.1) is 0 Å². The van der Waals surface area contributed by atoms with Crippen LogP contribution in [0.3, 0.4) is 0 Å². The Balaban J connectivity index is 2.18. The van der Waals surface area contributed by atoms with E-state index in [1.54, 1.807) is 10.9 Å². The summed E-state index contributed by atoms with van der Waals surface area (Å²) in [5.74, 6) is 0.122. The monoisotopic (exact) mass is 214 g/mol. The third-order valence-corrected chi connectivity index (χ3v) is 2.52. The molecular weight excluding hydrogens is 200 g/mol. The van der Waals surface area contributed by atoms with Crippen LogP contribution < -0.4 is 0 Å². The molecule has 1 heterocycles. The third-order valence-electron chi connectivity index (χ3n) is 2.52. The van der Waals surface area contributed by atoms with E-state index < -0.39 is 0 Å². The van der Waals surface area contributed by atoms with Crippen LogP contribution in [0, 0.1) is 6.92 Å². The predicted octanol–water partition coefficient (Wildman–Crippen LogP) is 2.15. The predicted molar refractivity (Wildman–Crippen MR) is 62.4 cm³/mol. The van der Waals surface area contributed by atoms with Crippen LogP contribution in [0.25, 0.3) is 0 Å². The fourth-order valence-electron chi connectivity index (χ4n) is 1.75. The maximum Gasteiger partial charge on any atom is 0.170 e. The Kier molecular flexibility index (Phi) is 2.86. The van der Waals surface area contributed by atoms with Crippen LogP contribution in [0.4, 0.5) is 0 Å². The summed E-state index contributed by atoms with van der Waals surface area (Å²) >= 11 is 0. The highest BCUT2D eigenvalue weighted by Crippen LogP contribution is 2.10. The van der Waals surface area contributed by atoms with Gasteiger partial charge in [0.2, 0.25) is 0 Å². The summed E-state index contributed by atoms with van der Waals surface area (Å²) in [4.78, 5) is 12.0. The third kappa shape index (κ3) is 2.19. The first-order valence-corrected chi connectivity index (χ1v) is 5.24. The Bertz CT molecular complexity index is 500. The summed E-state index contributed by atoms with van der Waals surface area (Å²) in [5, 5.41) is 4.17. The van der Waals surface area contributed by atoms with E-state index >= 15 is 0 Å². The minimum Gasteiger partial charge on any atom is -0.294 e. The van der Waals surface area contributed by atoms with Gasteiger partial charge in [-0.2, -0.15) is 5.10 Å². The Labute approximate surface area is 94.7 Å². The first-order valence-electron chi connectivity index (χ1n) is 5.24. The molecule has 3 nitrogen and oxygen atoms in total. The quantitative estimate of drug-likeness (QED) is 0.734. The van der Waals surface area contributed by atoms with Gasteiger partial charge in [-0.25, -0.2) is 0 Å². The largest absolute Gasteiger partial charge is 0.294 e. The molecular formula is C13H14N2O. The molecule has 3 heteroatoms. The molecule has 0 saturated heterocycles. The normalized spacial score (nSPS) is 10.4. The summed E-state index contributed by atoms with van der Waals surface area (Å²) in [6, 6.07) is 9.76. The van der Waals surface area contributed by atoms with Crippen molar-refractivity contribution in [1.29, 1.82) is 0 Å². The van der Waals surface area contributed by atoms with E-state index in [9.17, 15) is 4.79 Å². The van der Waals surface area contributed by atoms with E-state index in [1.165, 1.54) is 0 Å².